The lowest BCUT2D eigenvalue weighted by Gasteiger charge is -2.38. The summed E-state index contributed by atoms with van der Waals surface area (Å²) < 4.78 is 0. The molecule has 3 aliphatic rings. The van der Waals surface area contributed by atoms with Gasteiger partial charge in [-0.05, 0) is 44.8 Å². The summed E-state index contributed by atoms with van der Waals surface area (Å²) in [4.78, 5) is 2.58. The van der Waals surface area contributed by atoms with Crippen molar-refractivity contribution in [1.29, 1.82) is 0 Å². The van der Waals surface area contributed by atoms with Gasteiger partial charge in [-0.25, -0.2) is 0 Å². The third-order valence-electron chi connectivity index (χ3n) is 2.56. The van der Waals surface area contributed by atoms with E-state index in [-0.39, 0.29) is 16.4 Å². The van der Waals surface area contributed by atoms with Gasteiger partial charge in [0.05, 0.1) is 0 Å². The molecule has 0 aliphatic carbocycles. The quantitative estimate of drug-likeness (QED) is 0.434. The highest BCUT2D eigenvalue weighted by Gasteiger charge is 2.24. The molecule has 2 bridgehead atoms. The average Bonchev–Trinajstić information content (AvgIpc) is 1.92. The van der Waals surface area contributed by atoms with Crippen molar-refractivity contribution in [3.8, 4) is 0 Å². The summed E-state index contributed by atoms with van der Waals surface area (Å²) in [7, 11) is 0. The zero-order valence-electron chi connectivity index (χ0n) is 6.77. The molecular weight excluding hydrogens is 146 g/mol. The first-order chi connectivity index (χ1) is 3.95. The Morgan fingerprint density at radius 3 is 1.18 bits per heavy atom. The predicted molar refractivity (Wildman–Crippen MR) is 44.6 cm³/mol. The van der Waals surface area contributed by atoms with Crippen LogP contribution in [0.25, 0.3) is 0 Å². The van der Waals surface area contributed by atoms with Crippen LogP contribution in [-0.2, 0) is 0 Å². The van der Waals surface area contributed by atoms with Crippen molar-refractivity contribution in [2.45, 2.75) is 19.3 Å². The minimum Gasteiger partial charge on any atom is -0.412 e. The minimum atomic E-state index is 0. The molecule has 0 aromatic heterocycles. The summed E-state index contributed by atoms with van der Waals surface area (Å²) in [6.45, 7) is 4.18. The van der Waals surface area contributed by atoms with Gasteiger partial charge >= 0.3 is 0 Å². The Morgan fingerprint density at radius 1 is 0.727 bits per heavy atom. The van der Waals surface area contributed by atoms with Gasteiger partial charge in [0.25, 0.3) is 0 Å². The Hall–Kier alpha value is -0.160. The Morgan fingerprint density at radius 2 is 1.09 bits per heavy atom. The van der Waals surface area contributed by atoms with E-state index in [1.54, 1.807) is 0 Å². The number of nitrogens with zero attached hydrogens (tertiary/aromatic N) is 1. The molecule has 0 radical (unpaired) electrons. The monoisotopic (exact) mass is 165 g/mol. The van der Waals surface area contributed by atoms with Crippen LogP contribution >= 0.6 is 0 Å². The van der Waals surface area contributed by atoms with E-state index >= 15 is 0 Å². The fourth-order valence-corrected chi connectivity index (χ4v) is 1.86. The third kappa shape index (κ3) is 2.75. The van der Waals surface area contributed by atoms with E-state index in [4.69, 9.17) is 0 Å². The second-order valence-electron chi connectivity index (χ2n) is 3.07. The van der Waals surface area contributed by atoms with Gasteiger partial charge in [0.1, 0.15) is 0 Å². The molecular formula is C7H19NO3. The molecule has 3 fully saturated rings. The van der Waals surface area contributed by atoms with E-state index in [9.17, 15) is 0 Å². The topological polar surface area (TPSA) is 97.7 Å². The van der Waals surface area contributed by atoms with Crippen molar-refractivity contribution < 1.29 is 16.4 Å². The summed E-state index contributed by atoms with van der Waals surface area (Å²) >= 11 is 0. The fraction of sp³-hybridized carbons (Fsp3) is 1.00. The van der Waals surface area contributed by atoms with Crippen LogP contribution in [0.15, 0.2) is 0 Å². The van der Waals surface area contributed by atoms with Crippen LogP contribution in [-0.4, -0.2) is 41.0 Å². The van der Waals surface area contributed by atoms with Crippen LogP contribution < -0.4 is 0 Å². The van der Waals surface area contributed by atoms with Gasteiger partial charge in [-0.3, -0.25) is 0 Å². The van der Waals surface area contributed by atoms with Crippen molar-refractivity contribution in [2.75, 3.05) is 19.6 Å². The SMILES string of the molecule is C1CN2CCC1CC2.O.O.O. The molecule has 3 rings (SSSR count). The van der Waals surface area contributed by atoms with E-state index < -0.39 is 0 Å². The Balaban J connectivity index is 0. The number of piperidine rings is 3. The van der Waals surface area contributed by atoms with Crippen molar-refractivity contribution in [2.24, 2.45) is 5.92 Å². The van der Waals surface area contributed by atoms with Gasteiger partial charge in [-0.2, -0.15) is 0 Å². The second-order valence-corrected chi connectivity index (χ2v) is 3.07. The second kappa shape index (κ2) is 5.49. The summed E-state index contributed by atoms with van der Waals surface area (Å²) in [5.74, 6) is 1.11. The largest absolute Gasteiger partial charge is 0.412 e. The molecule has 4 nitrogen and oxygen atoms in total. The molecule has 70 valence electrons. The first-order valence-electron chi connectivity index (χ1n) is 3.67. The van der Waals surface area contributed by atoms with Gasteiger partial charge in [-0.1, -0.05) is 0 Å². The molecule has 6 N–H and O–H groups in total. The van der Waals surface area contributed by atoms with E-state index in [1.807, 2.05) is 0 Å². The van der Waals surface area contributed by atoms with Crippen LogP contribution in [0.5, 0.6) is 0 Å². The maximum absolute atomic E-state index is 2.58. The van der Waals surface area contributed by atoms with Gasteiger partial charge < -0.3 is 21.3 Å². The highest BCUT2D eigenvalue weighted by Crippen LogP contribution is 2.26. The maximum atomic E-state index is 2.58. The molecule has 0 atom stereocenters. The third-order valence-corrected chi connectivity index (χ3v) is 2.56. The molecule has 11 heavy (non-hydrogen) atoms. The summed E-state index contributed by atoms with van der Waals surface area (Å²) in [5, 5.41) is 0. The van der Waals surface area contributed by atoms with Crippen LogP contribution in [0.4, 0.5) is 0 Å². The number of hydrogen-bond donors (Lipinski definition) is 0. The highest BCUT2D eigenvalue weighted by atomic mass is 16.0. The average molecular weight is 165 g/mol. The lowest BCUT2D eigenvalue weighted by molar-refractivity contribution is 0.111. The van der Waals surface area contributed by atoms with Gasteiger partial charge in [0, 0.05) is 0 Å². The molecule has 0 aromatic rings. The van der Waals surface area contributed by atoms with Crippen LogP contribution in [0.2, 0.25) is 0 Å². The fourth-order valence-electron chi connectivity index (χ4n) is 1.86. The Labute approximate surface area is 67.1 Å². The van der Waals surface area contributed by atoms with E-state index in [1.165, 1.54) is 38.9 Å². The van der Waals surface area contributed by atoms with E-state index in [2.05, 4.69) is 4.90 Å². The number of rotatable bonds is 0. The minimum absolute atomic E-state index is 0. The van der Waals surface area contributed by atoms with Gasteiger partial charge in [0.2, 0.25) is 0 Å². The van der Waals surface area contributed by atoms with Crippen molar-refractivity contribution in [3.05, 3.63) is 0 Å². The van der Waals surface area contributed by atoms with Crippen molar-refractivity contribution in [1.82, 2.24) is 4.90 Å². The molecule has 3 aliphatic heterocycles. The summed E-state index contributed by atoms with van der Waals surface area (Å²) in [5.41, 5.74) is 0. The standard InChI is InChI=1S/C7H13N.3H2O/c1-4-8-5-2-7(1)3-6-8;;;/h7H,1-6H2;3*1H2. The van der Waals surface area contributed by atoms with Crippen molar-refractivity contribution >= 4 is 0 Å². The number of hydrogen-bond acceptors (Lipinski definition) is 1. The Kier molecular flexibility index (Phi) is 6.70. The zero-order valence-corrected chi connectivity index (χ0v) is 6.77. The molecule has 0 saturated carbocycles. The van der Waals surface area contributed by atoms with Gasteiger partial charge in [-0.15, -0.1) is 0 Å². The van der Waals surface area contributed by atoms with Gasteiger partial charge in [0.15, 0.2) is 0 Å². The smallest absolute Gasteiger partial charge is 0.00161 e. The molecule has 4 heteroatoms. The summed E-state index contributed by atoms with van der Waals surface area (Å²) in [6, 6.07) is 0. The zero-order chi connectivity index (χ0) is 5.40. The van der Waals surface area contributed by atoms with Crippen LogP contribution in [0.1, 0.15) is 19.3 Å². The highest BCUT2D eigenvalue weighted by molar-refractivity contribution is 4.78. The lowest BCUT2D eigenvalue weighted by atomic mass is 9.89. The first-order valence-corrected chi connectivity index (χ1v) is 3.67. The summed E-state index contributed by atoms with van der Waals surface area (Å²) in [6.07, 6.45) is 4.46. The maximum Gasteiger partial charge on any atom is -0.00161 e. The Bertz CT molecular complexity index is 68.7. The molecule has 3 heterocycles. The lowest BCUT2D eigenvalue weighted by Crippen LogP contribution is -2.41. The van der Waals surface area contributed by atoms with Crippen molar-refractivity contribution in [3.63, 3.8) is 0 Å². The predicted octanol–water partition coefficient (Wildman–Crippen LogP) is -1.37. The molecule has 0 amide bonds. The molecule has 3 saturated heterocycles. The van der Waals surface area contributed by atoms with E-state index in [0.717, 1.165) is 5.92 Å². The molecule has 0 unspecified atom stereocenters. The van der Waals surface area contributed by atoms with E-state index in [0.29, 0.717) is 0 Å². The number of fused-ring (bicyclic) bond motifs is 3. The molecule has 0 aromatic carbocycles. The van der Waals surface area contributed by atoms with Crippen LogP contribution in [0, 0.1) is 5.92 Å². The first kappa shape index (κ1) is 13.4. The normalized spacial score (nSPS) is 32.7. The van der Waals surface area contributed by atoms with Crippen LogP contribution in [0.3, 0.4) is 0 Å². The molecule has 0 spiro atoms.